The van der Waals surface area contributed by atoms with Crippen molar-refractivity contribution in [1.29, 1.82) is 0 Å². The molecule has 1 aliphatic rings. The van der Waals surface area contributed by atoms with E-state index in [4.69, 9.17) is 4.74 Å². The van der Waals surface area contributed by atoms with Crippen molar-refractivity contribution in [1.82, 2.24) is 10.2 Å². The third kappa shape index (κ3) is 5.37. The van der Waals surface area contributed by atoms with E-state index in [9.17, 15) is 14.5 Å². The van der Waals surface area contributed by atoms with Crippen LogP contribution in [0.25, 0.3) is 0 Å². The van der Waals surface area contributed by atoms with Gasteiger partial charge in [0.1, 0.15) is 5.82 Å². The van der Waals surface area contributed by atoms with Crippen LogP contribution in [0.4, 0.5) is 10.1 Å². The van der Waals surface area contributed by atoms with Crippen molar-refractivity contribution in [2.45, 2.75) is 13.0 Å². The van der Waals surface area contributed by atoms with E-state index in [1.54, 1.807) is 0 Å². The zero-order valence-electron chi connectivity index (χ0n) is 11.9. The number of rotatable bonds is 7. The first-order valence-electron chi connectivity index (χ1n) is 7.10. The van der Waals surface area contributed by atoms with Gasteiger partial charge in [-0.05, 0) is 31.1 Å². The Morgan fingerprint density at radius 2 is 2.10 bits per heavy atom. The fourth-order valence-corrected chi connectivity index (χ4v) is 2.33. The highest BCUT2D eigenvalue weighted by atomic mass is 19.1. The van der Waals surface area contributed by atoms with Crippen molar-refractivity contribution in [3.8, 4) is 0 Å². The molecule has 1 fully saturated rings. The van der Waals surface area contributed by atoms with Crippen LogP contribution < -0.4 is 5.32 Å². The molecule has 1 aliphatic heterocycles. The Bertz CT molecular complexity index is 479. The molecule has 1 heterocycles. The van der Waals surface area contributed by atoms with E-state index in [1.807, 2.05) is 0 Å². The van der Waals surface area contributed by atoms with Gasteiger partial charge < -0.3 is 10.1 Å². The Hall–Kier alpha value is -1.57. The highest BCUT2D eigenvalue weighted by Crippen LogP contribution is 2.16. The van der Waals surface area contributed by atoms with Gasteiger partial charge in [0.2, 0.25) is 0 Å². The number of nitrogens with one attached hydrogen (secondary N) is 1. The molecule has 1 aromatic rings. The summed E-state index contributed by atoms with van der Waals surface area (Å²) in [5.74, 6) is -0.575. The highest BCUT2D eigenvalue weighted by Gasteiger charge is 2.10. The first kappa shape index (κ1) is 15.8. The lowest BCUT2D eigenvalue weighted by atomic mass is 10.2. The molecule has 0 bridgehead atoms. The van der Waals surface area contributed by atoms with Gasteiger partial charge >= 0.3 is 0 Å². The van der Waals surface area contributed by atoms with Crippen LogP contribution >= 0.6 is 0 Å². The molecule has 21 heavy (non-hydrogen) atoms. The van der Waals surface area contributed by atoms with Gasteiger partial charge in [-0.15, -0.1) is 0 Å². The second-order valence-corrected chi connectivity index (χ2v) is 5.06. The molecule has 0 aliphatic carbocycles. The average molecular weight is 297 g/mol. The van der Waals surface area contributed by atoms with Crippen LogP contribution in [0.3, 0.4) is 0 Å². The molecule has 2 rings (SSSR count). The zero-order valence-corrected chi connectivity index (χ0v) is 11.9. The molecule has 0 atom stereocenters. The van der Waals surface area contributed by atoms with Crippen molar-refractivity contribution < 1.29 is 14.1 Å². The van der Waals surface area contributed by atoms with Crippen LogP contribution in [-0.2, 0) is 11.3 Å². The average Bonchev–Trinajstić information content (AvgIpc) is 2.47. The topological polar surface area (TPSA) is 67.6 Å². The summed E-state index contributed by atoms with van der Waals surface area (Å²) < 4.78 is 18.5. The quantitative estimate of drug-likeness (QED) is 0.470. The molecule has 0 aromatic heterocycles. The van der Waals surface area contributed by atoms with E-state index < -0.39 is 10.7 Å². The fraction of sp³-hybridized carbons (Fsp3) is 0.571. The summed E-state index contributed by atoms with van der Waals surface area (Å²) in [7, 11) is 0. The summed E-state index contributed by atoms with van der Waals surface area (Å²) in [4.78, 5) is 12.4. The Morgan fingerprint density at radius 3 is 2.81 bits per heavy atom. The highest BCUT2D eigenvalue weighted by molar-refractivity contribution is 5.35. The minimum Gasteiger partial charge on any atom is -0.379 e. The van der Waals surface area contributed by atoms with E-state index in [0.29, 0.717) is 12.1 Å². The van der Waals surface area contributed by atoms with Gasteiger partial charge in [0.15, 0.2) is 0 Å². The summed E-state index contributed by atoms with van der Waals surface area (Å²) in [5, 5.41) is 13.8. The molecule has 0 unspecified atom stereocenters. The van der Waals surface area contributed by atoms with E-state index in [2.05, 4.69) is 10.2 Å². The second-order valence-electron chi connectivity index (χ2n) is 5.06. The normalized spacial score (nSPS) is 16.0. The van der Waals surface area contributed by atoms with Gasteiger partial charge in [0.05, 0.1) is 24.2 Å². The van der Waals surface area contributed by atoms with Crippen LogP contribution in [-0.4, -0.2) is 49.2 Å². The summed E-state index contributed by atoms with van der Waals surface area (Å²) >= 11 is 0. The van der Waals surface area contributed by atoms with Gasteiger partial charge in [0.25, 0.3) is 5.69 Å². The van der Waals surface area contributed by atoms with Gasteiger partial charge in [-0.1, -0.05) is 0 Å². The molecule has 1 N–H and O–H groups in total. The molecule has 6 nitrogen and oxygen atoms in total. The molecule has 0 amide bonds. The molecule has 0 saturated carbocycles. The van der Waals surface area contributed by atoms with Crippen LogP contribution in [0, 0.1) is 15.9 Å². The maximum atomic E-state index is 13.3. The first-order valence-corrected chi connectivity index (χ1v) is 7.10. The van der Waals surface area contributed by atoms with Crippen molar-refractivity contribution >= 4 is 5.69 Å². The minimum absolute atomic E-state index is 0.208. The SMILES string of the molecule is O=[N+]([O-])c1cc(F)cc(CNCCCN2CCOCC2)c1. The first-order chi connectivity index (χ1) is 10.1. The number of morpholine rings is 1. The van der Waals surface area contributed by atoms with Crippen LogP contribution in [0.15, 0.2) is 18.2 Å². The van der Waals surface area contributed by atoms with Crippen LogP contribution in [0.5, 0.6) is 0 Å². The number of hydrogen-bond acceptors (Lipinski definition) is 5. The number of halogens is 1. The molecule has 7 heteroatoms. The molecule has 0 spiro atoms. The number of benzene rings is 1. The van der Waals surface area contributed by atoms with Crippen molar-refractivity contribution in [3.63, 3.8) is 0 Å². The number of non-ortho nitro benzene ring substituents is 1. The van der Waals surface area contributed by atoms with E-state index in [1.165, 1.54) is 12.1 Å². The lowest BCUT2D eigenvalue weighted by molar-refractivity contribution is -0.385. The van der Waals surface area contributed by atoms with Crippen molar-refractivity contribution in [2.75, 3.05) is 39.4 Å². The van der Waals surface area contributed by atoms with Crippen LogP contribution in [0.1, 0.15) is 12.0 Å². The fourth-order valence-electron chi connectivity index (χ4n) is 2.33. The Labute approximate surface area is 123 Å². The standard InChI is InChI=1S/C14H20FN3O3/c15-13-8-12(9-14(10-13)18(19)20)11-16-2-1-3-17-4-6-21-7-5-17/h8-10,16H,1-7,11H2. The van der Waals surface area contributed by atoms with E-state index in [-0.39, 0.29) is 5.69 Å². The monoisotopic (exact) mass is 297 g/mol. The number of nitro groups is 1. The van der Waals surface area contributed by atoms with E-state index in [0.717, 1.165) is 51.9 Å². The third-order valence-electron chi connectivity index (χ3n) is 3.41. The third-order valence-corrected chi connectivity index (χ3v) is 3.41. The Morgan fingerprint density at radius 1 is 1.33 bits per heavy atom. The molecule has 1 aromatic carbocycles. The summed E-state index contributed by atoms with van der Waals surface area (Å²) in [6.07, 6.45) is 0.984. The number of ether oxygens (including phenoxy) is 1. The van der Waals surface area contributed by atoms with Gasteiger partial charge in [-0.25, -0.2) is 4.39 Å². The van der Waals surface area contributed by atoms with E-state index >= 15 is 0 Å². The van der Waals surface area contributed by atoms with Gasteiger partial charge in [0, 0.05) is 25.7 Å². The second kappa shape index (κ2) is 8.02. The maximum Gasteiger partial charge on any atom is 0.272 e. The largest absolute Gasteiger partial charge is 0.379 e. The zero-order chi connectivity index (χ0) is 15.1. The van der Waals surface area contributed by atoms with Gasteiger partial charge in [-0.2, -0.15) is 0 Å². The predicted octanol–water partition coefficient (Wildman–Crippen LogP) is 1.55. The van der Waals surface area contributed by atoms with Crippen molar-refractivity contribution in [3.05, 3.63) is 39.7 Å². The molecular weight excluding hydrogens is 277 g/mol. The van der Waals surface area contributed by atoms with Crippen molar-refractivity contribution in [2.24, 2.45) is 0 Å². The predicted molar refractivity (Wildman–Crippen MR) is 76.6 cm³/mol. The lowest BCUT2D eigenvalue weighted by Gasteiger charge is -2.26. The van der Waals surface area contributed by atoms with Crippen LogP contribution in [0.2, 0.25) is 0 Å². The molecule has 0 radical (unpaired) electrons. The summed E-state index contributed by atoms with van der Waals surface area (Å²) in [5.41, 5.74) is 0.383. The molecule has 116 valence electrons. The Balaban J connectivity index is 1.69. The summed E-state index contributed by atoms with van der Waals surface area (Å²) in [6, 6.07) is 3.65. The number of nitrogens with zero attached hydrogens (tertiary/aromatic N) is 2. The van der Waals surface area contributed by atoms with Gasteiger partial charge in [-0.3, -0.25) is 15.0 Å². The number of hydrogen-bond donors (Lipinski definition) is 1. The maximum absolute atomic E-state index is 13.3. The molecular formula is C14H20FN3O3. The lowest BCUT2D eigenvalue weighted by Crippen LogP contribution is -2.37. The minimum atomic E-state index is -0.578. The summed E-state index contributed by atoms with van der Waals surface area (Å²) in [6.45, 7) is 5.75. The molecule has 1 saturated heterocycles. The smallest absolute Gasteiger partial charge is 0.272 e. The number of nitro benzene ring substituents is 1. The Kier molecular flexibility index (Phi) is 6.04.